The van der Waals surface area contributed by atoms with Crippen molar-refractivity contribution in [3.63, 3.8) is 0 Å². The highest BCUT2D eigenvalue weighted by Crippen LogP contribution is 2.23. The van der Waals surface area contributed by atoms with Gasteiger partial charge in [0.05, 0.1) is 6.54 Å². The van der Waals surface area contributed by atoms with E-state index in [1.807, 2.05) is 4.90 Å². The van der Waals surface area contributed by atoms with Gasteiger partial charge in [0.1, 0.15) is 0 Å². The molecule has 112 valence electrons. The molecule has 1 N–H and O–H groups in total. The lowest BCUT2D eigenvalue weighted by Crippen LogP contribution is -2.57. The minimum Gasteiger partial charge on any atom is -0.327 e. The van der Waals surface area contributed by atoms with Crippen LogP contribution in [0.3, 0.4) is 0 Å². The Labute approximate surface area is 122 Å². The first-order valence-electron chi connectivity index (χ1n) is 7.50. The molecule has 0 aromatic carbocycles. The van der Waals surface area contributed by atoms with E-state index in [4.69, 9.17) is 6.42 Å². The summed E-state index contributed by atoms with van der Waals surface area (Å²) in [5, 5.41) is 2.75. The fraction of sp³-hybridized carbons (Fsp3) is 0.800. The highest BCUT2D eigenvalue weighted by molar-refractivity contribution is 5.74. The van der Waals surface area contributed by atoms with Crippen LogP contribution < -0.4 is 5.32 Å². The van der Waals surface area contributed by atoms with Crippen LogP contribution in [0.4, 0.5) is 4.79 Å². The molecular weight excluding hydrogens is 252 g/mol. The van der Waals surface area contributed by atoms with Crippen LogP contribution in [0.5, 0.6) is 0 Å². The monoisotopic (exact) mass is 278 g/mol. The van der Waals surface area contributed by atoms with Crippen LogP contribution in [0.25, 0.3) is 0 Å². The molecule has 2 rings (SSSR count). The summed E-state index contributed by atoms with van der Waals surface area (Å²) in [5.41, 5.74) is 0. The number of rotatable bonds is 2. The summed E-state index contributed by atoms with van der Waals surface area (Å²) >= 11 is 0. The Morgan fingerprint density at radius 1 is 1.30 bits per heavy atom. The van der Waals surface area contributed by atoms with Gasteiger partial charge in [-0.3, -0.25) is 4.90 Å². The van der Waals surface area contributed by atoms with Crippen LogP contribution in [0, 0.1) is 18.3 Å². The van der Waals surface area contributed by atoms with E-state index in [-0.39, 0.29) is 6.03 Å². The summed E-state index contributed by atoms with van der Waals surface area (Å²) in [7, 11) is 2.18. The third-order valence-electron chi connectivity index (χ3n) is 4.50. The molecule has 0 aromatic heterocycles. The highest BCUT2D eigenvalue weighted by atomic mass is 16.2. The van der Waals surface area contributed by atoms with E-state index in [1.54, 1.807) is 0 Å². The minimum atomic E-state index is -0.0216. The quantitative estimate of drug-likeness (QED) is 0.738. The lowest BCUT2D eigenvalue weighted by atomic mass is 9.92. The predicted octanol–water partition coefficient (Wildman–Crippen LogP) is 0.287. The molecule has 0 aliphatic carbocycles. The topological polar surface area (TPSA) is 38.8 Å². The van der Waals surface area contributed by atoms with E-state index in [1.165, 1.54) is 0 Å². The molecule has 0 spiro atoms. The first-order valence-corrected chi connectivity index (χ1v) is 7.50. The predicted molar refractivity (Wildman–Crippen MR) is 80.4 cm³/mol. The number of urea groups is 1. The van der Waals surface area contributed by atoms with E-state index in [2.05, 4.69) is 35.0 Å². The van der Waals surface area contributed by atoms with Gasteiger partial charge in [-0.2, -0.15) is 0 Å². The van der Waals surface area contributed by atoms with Gasteiger partial charge < -0.3 is 15.1 Å². The number of hydrogen-bond acceptors (Lipinski definition) is 3. The molecule has 0 saturated carbocycles. The maximum atomic E-state index is 11.9. The van der Waals surface area contributed by atoms with Crippen molar-refractivity contribution in [2.45, 2.75) is 19.4 Å². The number of likely N-dealkylation sites (N-methyl/N-ethyl adjacent to an activating group) is 1. The molecule has 0 radical (unpaired) electrons. The zero-order valence-corrected chi connectivity index (χ0v) is 12.6. The second-order valence-corrected chi connectivity index (χ2v) is 5.98. The molecule has 0 aromatic rings. The van der Waals surface area contributed by atoms with Gasteiger partial charge in [0.15, 0.2) is 0 Å². The molecular formula is C15H26N4O. The van der Waals surface area contributed by atoms with Gasteiger partial charge in [-0.15, -0.1) is 6.42 Å². The van der Waals surface area contributed by atoms with Crippen LogP contribution in [-0.2, 0) is 0 Å². The molecule has 5 nitrogen and oxygen atoms in total. The second-order valence-electron chi connectivity index (χ2n) is 5.98. The Hall–Kier alpha value is -1.25. The third kappa shape index (κ3) is 3.65. The van der Waals surface area contributed by atoms with Gasteiger partial charge in [0.2, 0.25) is 0 Å². The van der Waals surface area contributed by atoms with Crippen molar-refractivity contribution < 1.29 is 4.79 Å². The van der Waals surface area contributed by atoms with Gasteiger partial charge >= 0.3 is 6.03 Å². The lowest BCUT2D eigenvalue weighted by Gasteiger charge is -2.45. The first-order chi connectivity index (χ1) is 9.61. The SMILES string of the molecule is C#CCNC(=O)N1CC[C@@H](N2CCN(C)CC2)[C@@H](C)C1. The van der Waals surface area contributed by atoms with E-state index >= 15 is 0 Å². The Balaban J connectivity index is 1.83. The van der Waals surface area contributed by atoms with Crippen molar-refractivity contribution >= 4 is 6.03 Å². The van der Waals surface area contributed by atoms with Crippen molar-refractivity contribution in [3.8, 4) is 12.3 Å². The molecule has 5 heteroatoms. The number of nitrogens with one attached hydrogen (secondary N) is 1. The number of amides is 2. The average Bonchev–Trinajstić information content (AvgIpc) is 2.46. The highest BCUT2D eigenvalue weighted by Gasteiger charge is 2.33. The van der Waals surface area contributed by atoms with E-state index < -0.39 is 0 Å². The molecule has 2 atom stereocenters. The number of hydrogen-bond donors (Lipinski definition) is 1. The van der Waals surface area contributed by atoms with E-state index in [0.717, 1.165) is 45.7 Å². The Morgan fingerprint density at radius 3 is 2.60 bits per heavy atom. The number of nitrogens with zero attached hydrogens (tertiary/aromatic N) is 3. The lowest BCUT2D eigenvalue weighted by molar-refractivity contribution is 0.0443. The summed E-state index contributed by atoms with van der Waals surface area (Å²) in [4.78, 5) is 18.8. The number of likely N-dealkylation sites (tertiary alicyclic amines) is 1. The molecule has 2 saturated heterocycles. The zero-order chi connectivity index (χ0) is 14.5. The molecule has 2 heterocycles. The van der Waals surface area contributed by atoms with Gasteiger partial charge in [0, 0.05) is 45.3 Å². The van der Waals surface area contributed by atoms with Crippen LogP contribution in [0.1, 0.15) is 13.3 Å². The number of carbonyl (C=O) groups excluding carboxylic acids is 1. The third-order valence-corrected chi connectivity index (χ3v) is 4.50. The fourth-order valence-corrected chi connectivity index (χ4v) is 3.25. The van der Waals surface area contributed by atoms with Gasteiger partial charge in [0.25, 0.3) is 0 Å². The van der Waals surface area contributed by atoms with Crippen LogP contribution in [0.2, 0.25) is 0 Å². The van der Waals surface area contributed by atoms with Crippen molar-refractivity contribution in [1.29, 1.82) is 0 Å². The summed E-state index contributed by atoms with van der Waals surface area (Å²) in [6.07, 6.45) is 6.23. The number of terminal acetylenes is 1. The van der Waals surface area contributed by atoms with Crippen LogP contribution in [0.15, 0.2) is 0 Å². The molecule has 2 aliphatic rings. The maximum Gasteiger partial charge on any atom is 0.318 e. The standard InChI is InChI=1S/C15H26N4O/c1-4-6-16-15(20)19-7-5-14(13(2)12-19)18-10-8-17(3)9-11-18/h1,13-14H,5-12H2,2-3H3,(H,16,20)/t13-,14+/m0/s1. The van der Waals surface area contributed by atoms with Crippen LogP contribution >= 0.6 is 0 Å². The molecule has 2 amide bonds. The van der Waals surface area contributed by atoms with Crippen molar-refractivity contribution in [3.05, 3.63) is 0 Å². The molecule has 0 unspecified atom stereocenters. The van der Waals surface area contributed by atoms with Gasteiger partial charge in [-0.1, -0.05) is 12.8 Å². The van der Waals surface area contributed by atoms with Crippen molar-refractivity contribution in [1.82, 2.24) is 20.0 Å². The largest absolute Gasteiger partial charge is 0.327 e. The van der Waals surface area contributed by atoms with Crippen LogP contribution in [-0.4, -0.2) is 79.6 Å². The Kier molecular flexibility index (Phi) is 5.27. The van der Waals surface area contributed by atoms with Crippen molar-refractivity contribution in [2.75, 3.05) is 52.9 Å². The zero-order valence-electron chi connectivity index (χ0n) is 12.6. The molecule has 2 fully saturated rings. The molecule has 0 bridgehead atoms. The van der Waals surface area contributed by atoms with E-state index in [0.29, 0.717) is 18.5 Å². The van der Waals surface area contributed by atoms with E-state index in [9.17, 15) is 4.79 Å². The average molecular weight is 278 g/mol. The summed E-state index contributed by atoms with van der Waals surface area (Å²) in [5.74, 6) is 2.96. The Morgan fingerprint density at radius 2 is 2.00 bits per heavy atom. The number of piperidine rings is 1. The molecule has 2 aliphatic heterocycles. The minimum absolute atomic E-state index is 0.0216. The smallest absolute Gasteiger partial charge is 0.318 e. The summed E-state index contributed by atoms with van der Waals surface area (Å²) < 4.78 is 0. The first kappa shape index (κ1) is 15.1. The molecule has 20 heavy (non-hydrogen) atoms. The van der Waals surface area contributed by atoms with Gasteiger partial charge in [-0.25, -0.2) is 4.79 Å². The summed E-state index contributed by atoms with van der Waals surface area (Å²) in [6.45, 7) is 8.81. The van der Waals surface area contributed by atoms with Gasteiger partial charge in [-0.05, 0) is 19.4 Å². The number of piperazine rings is 1. The Bertz CT molecular complexity index is 371. The summed E-state index contributed by atoms with van der Waals surface area (Å²) in [6, 6.07) is 0.590. The fourth-order valence-electron chi connectivity index (χ4n) is 3.25. The number of carbonyl (C=O) groups is 1. The second kappa shape index (κ2) is 6.96. The van der Waals surface area contributed by atoms with Crippen molar-refractivity contribution in [2.24, 2.45) is 5.92 Å². The normalized spacial score (nSPS) is 28.9. The maximum absolute atomic E-state index is 11.9.